The van der Waals surface area contributed by atoms with Crippen LogP contribution in [0.15, 0.2) is 72.8 Å². The predicted octanol–water partition coefficient (Wildman–Crippen LogP) is 4.87. The van der Waals surface area contributed by atoms with E-state index in [4.69, 9.17) is 4.74 Å². The van der Waals surface area contributed by atoms with Gasteiger partial charge in [-0.3, -0.25) is 14.9 Å². The molecule has 7 nitrogen and oxygen atoms in total. The Hall–Kier alpha value is -4.13. The van der Waals surface area contributed by atoms with E-state index in [-0.39, 0.29) is 17.6 Å². The van der Waals surface area contributed by atoms with Crippen LogP contribution in [0.3, 0.4) is 0 Å². The molecule has 2 heterocycles. The number of hydrogen-bond acceptors (Lipinski definition) is 4. The number of carbonyl (C=O) groups is 1. The van der Waals surface area contributed by atoms with E-state index < -0.39 is 4.92 Å². The molecule has 0 unspecified atom stereocenters. The molecule has 7 heteroatoms. The lowest BCUT2D eigenvalue weighted by Crippen LogP contribution is -2.40. The summed E-state index contributed by atoms with van der Waals surface area (Å²) in [4.78, 5) is 29.4. The number of carbonyl (C=O) groups excluding carboxylic acids is 1. The Bertz CT molecular complexity index is 1310. The highest BCUT2D eigenvalue weighted by molar-refractivity contribution is 5.96. The summed E-state index contributed by atoms with van der Waals surface area (Å²) in [5.74, 6) is 0.583. The lowest BCUT2D eigenvalue weighted by Gasteiger charge is -2.36. The second-order valence-corrected chi connectivity index (χ2v) is 7.79. The highest BCUT2D eigenvalue weighted by Crippen LogP contribution is 2.39. The first kappa shape index (κ1) is 19.8. The molecular formula is C25H21N3O4. The number of H-pyrrole nitrogens is 1. The van der Waals surface area contributed by atoms with Gasteiger partial charge in [0.25, 0.3) is 11.6 Å². The van der Waals surface area contributed by atoms with Crippen molar-refractivity contribution in [1.82, 2.24) is 9.88 Å². The fourth-order valence-corrected chi connectivity index (χ4v) is 4.48. The molecule has 1 N–H and O–H groups in total. The third kappa shape index (κ3) is 3.28. The van der Waals surface area contributed by atoms with Gasteiger partial charge < -0.3 is 14.6 Å². The molecule has 0 bridgehead atoms. The van der Waals surface area contributed by atoms with Crippen LogP contribution in [0.1, 0.15) is 33.2 Å². The molecule has 1 aromatic heterocycles. The summed E-state index contributed by atoms with van der Waals surface area (Å²) in [7, 11) is 1.62. The third-order valence-corrected chi connectivity index (χ3v) is 6.05. The number of methoxy groups -OCH3 is 1. The summed E-state index contributed by atoms with van der Waals surface area (Å²) in [6.07, 6.45) is 0.727. The van der Waals surface area contributed by atoms with Gasteiger partial charge in [-0.15, -0.1) is 0 Å². The number of benzene rings is 3. The first-order valence-electron chi connectivity index (χ1n) is 10.4. The number of nitro groups is 1. The lowest BCUT2D eigenvalue weighted by molar-refractivity contribution is -0.384. The van der Waals surface area contributed by atoms with Gasteiger partial charge >= 0.3 is 0 Å². The summed E-state index contributed by atoms with van der Waals surface area (Å²) < 4.78 is 5.30. The van der Waals surface area contributed by atoms with Crippen LogP contribution in [0, 0.1) is 10.1 Å². The number of aromatic amines is 1. The molecule has 0 fully saturated rings. The van der Waals surface area contributed by atoms with Gasteiger partial charge in [-0.25, -0.2) is 0 Å². The SMILES string of the molecule is COc1ccc([C@@H]2c3[nH]c4ccccc4c3CCN2C(=O)c2ccc([N+](=O)[O-])cc2)cc1. The smallest absolute Gasteiger partial charge is 0.269 e. The number of fused-ring (bicyclic) bond motifs is 3. The summed E-state index contributed by atoms with van der Waals surface area (Å²) in [5, 5.41) is 12.2. The highest BCUT2D eigenvalue weighted by Gasteiger charge is 2.35. The minimum absolute atomic E-state index is 0.0372. The molecule has 32 heavy (non-hydrogen) atoms. The Morgan fingerprint density at radius 3 is 2.47 bits per heavy atom. The van der Waals surface area contributed by atoms with E-state index in [2.05, 4.69) is 11.1 Å². The van der Waals surface area contributed by atoms with Gasteiger partial charge in [0.05, 0.1) is 18.1 Å². The molecule has 1 aliphatic rings. The van der Waals surface area contributed by atoms with E-state index in [1.54, 1.807) is 7.11 Å². The van der Waals surface area contributed by atoms with Gasteiger partial charge in [-0.2, -0.15) is 0 Å². The zero-order chi connectivity index (χ0) is 22.2. The van der Waals surface area contributed by atoms with Crippen molar-refractivity contribution in [3.8, 4) is 5.75 Å². The largest absolute Gasteiger partial charge is 0.497 e. The van der Waals surface area contributed by atoms with Crippen LogP contribution in [-0.4, -0.2) is 34.4 Å². The van der Waals surface area contributed by atoms with Gasteiger partial charge in [0.15, 0.2) is 0 Å². The predicted molar refractivity (Wildman–Crippen MR) is 121 cm³/mol. The average molecular weight is 427 g/mol. The number of aromatic nitrogens is 1. The molecule has 1 atom stereocenters. The minimum Gasteiger partial charge on any atom is -0.497 e. The van der Waals surface area contributed by atoms with Crippen molar-refractivity contribution in [1.29, 1.82) is 0 Å². The standard InChI is InChI=1S/C25H21N3O4/c1-32-19-12-8-16(9-13-19)24-23-21(20-4-2-3-5-22(20)26-23)14-15-27(24)25(29)17-6-10-18(11-7-17)28(30)31/h2-13,24,26H,14-15H2,1H3/t24-/m1/s1. The minimum atomic E-state index is -0.466. The van der Waals surface area contributed by atoms with E-state index in [1.165, 1.54) is 35.2 Å². The molecule has 160 valence electrons. The maximum atomic E-state index is 13.5. The highest BCUT2D eigenvalue weighted by atomic mass is 16.6. The summed E-state index contributed by atoms with van der Waals surface area (Å²) in [6, 6.07) is 21.4. The van der Waals surface area contributed by atoms with Gasteiger partial charge in [0.2, 0.25) is 0 Å². The molecule has 0 saturated carbocycles. The molecular weight excluding hydrogens is 406 g/mol. The number of hydrogen-bond donors (Lipinski definition) is 1. The number of para-hydroxylation sites is 1. The van der Waals surface area contributed by atoms with Crippen LogP contribution in [0.25, 0.3) is 10.9 Å². The molecule has 5 rings (SSSR count). The molecule has 4 aromatic rings. The molecule has 0 radical (unpaired) electrons. The Morgan fingerprint density at radius 1 is 1.06 bits per heavy atom. The zero-order valence-electron chi connectivity index (χ0n) is 17.4. The maximum absolute atomic E-state index is 13.5. The normalized spacial score (nSPS) is 15.4. The van der Waals surface area contributed by atoms with Crippen LogP contribution >= 0.6 is 0 Å². The van der Waals surface area contributed by atoms with Crippen molar-refractivity contribution in [3.63, 3.8) is 0 Å². The van der Waals surface area contributed by atoms with Crippen molar-refractivity contribution in [2.24, 2.45) is 0 Å². The Morgan fingerprint density at radius 2 is 1.78 bits per heavy atom. The quantitative estimate of drug-likeness (QED) is 0.372. The lowest BCUT2D eigenvalue weighted by atomic mass is 9.91. The van der Waals surface area contributed by atoms with E-state index in [0.29, 0.717) is 12.1 Å². The first-order chi connectivity index (χ1) is 15.6. The molecule has 0 spiro atoms. The third-order valence-electron chi connectivity index (χ3n) is 6.05. The van der Waals surface area contributed by atoms with Gasteiger partial charge in [0, 0.05) is 40.8 Å². The second kappa shape index (κ2) is 7.85. The van der Waals surface area contributed by atoms with E-state index in [0.717, 1.165) is 28.9 Å². The summed E-state index contributed by atoms with van der Waals surface area (Å²) >= 11 is 0. The molecule has 3 aromatic carbocycles. The van der Waals surface area contributed by atoms with Crippen LogP contribution in [0.2, 0.25) is 0 Å². The Labute approximate surface area is 184 Å². The number of nitro benzene ring substituents is 1. The molecule has 0 aliphatic carbocycles. The fraction of sp³-hybridized carbons (Fsp3) is 0.160. The van der Waals surface area contributed by atoms with Crippen molar-refractivity contribution in [2.75, 3.05) is 13.7 Å². The number of rotatable bonds is 4. The zero-order valence-corrected chi connectivity index (χ0v) is 17.4. The molecule has 1 aliphatic heterocycles. The monoisotopic (exact) mass is 427 g/mol. The van der Waals surface area contributed by atoms with Crippen LogP contribution in [0.4, 0.5) is 5.69 Å². The van der Waals surface area contributed by atoms with Crippen molar-refractivity contribution in [2.45, 2.75) is 12.5 Å². The summed E-state index contributed by atoms with van der Waals surface area (Å²) in [5.41, 5.74) is 4.61. The number of nitrogens with one attached hydrogen (secondary N) is 1. The topological polar surface area (TPSA) is 88.5 Å². The number of ether oxygens (including phenoxy) is 1. The fourth-order valence-electron chi connectivity index (χ4n) is 4.48. The number of nitrogens with zero attached hydrogens (tertiary/aromatic N) is 2. The second-order valence-electron chi connectivity index (χ2n) is 7.79. The van der Waals surface area contributed by atoms with E-state index in [9.17, 15) is 14.9 Å². The number of non-ortho nitro benzene ring substituents is 1. The van der Waals surface area contributed by atoms with Crippen LogP contribution < -0.4 is 4.74 Å². The van der Waals surface area contributed by atoms with Gasteiger partial charge in [-0.1, -0.05) is 30.3 Å². The number of amides is 1. The van der Waals surface area contributed by atoms with E-state index in [1.807, 2.05) is 47.4 Å². The average Bonchev–Trinajstić information content (AvgIpc) is 3.22. The Kier molecular flexibility index (Phi) is 4.86. The van der Waals surface area contributed by atoms with Gasteiger partial charge in [-0.05, 0) is 47.9 Å². The van der Waals surface area contributed by atoms with Crippen LogP contribution in [-0.2, 0) is 6.42 Å². The summed E-state index contributed by atoms with van der Waals surface area (Å²) in [6.45, 7) is 0.543. The van der Waals surface area contributed by atoms with Gasteiger partial charge in [0.1, 0.15) is 5.75 Å². The maximum Gasteiger partial charge on any atom is 0.269 e. The van der Waals surface area contributed by atoms with E-state index >= 15 is 0 Å². The van der Waals surface area contributed by atoms with Crippen LogP contribution in [0.5, 0.6) is 5.75 Å². The van der Waals surface area contributed by atoms with Crippen molar-refractivity contribution >= 4 is 22.5 Å². The van der Waals surface area contributed by atoms with Crippen molar-refractivity contribution in [3.05, 3.63) is 105 Å². The molecule has 1 amide bonds. The Balaban J connectivity index is 1.60. The van der Waals surface area contributed by atoms with Crippen molar-refractivity contribution < 1.29 is 14.5 Å². The molecule has 0 saturated heterocycles. The first-order valence-corrected chi connectivity index (χ1v) is 10.4.